The maximum atomic E-state index is 14.7. The van der Waals surface area contributed by atoms with Gasteiger partial charge in [0, 0.05) is 26.2 Å². The zero-order chi connectivity index (χ0) is 21.8. The standard InChI is InChI=1S/C23H28FN3O3S/c24-18-14-17(8-9-19(18)25-10-6-3-7-11-25)15-20-22(29)27(23(30)31-20)16-21(28)26-12-4-1-2-5-13-26/h8-9,14-15H,1-7,10-13,16H2. The summed E-state index contributed by atoms with van der Waals surface area (Å²) in [6.45, 7) is 2.81. The Morgan fingerprint density at radius 3 is 2.29 bits per heavy atom. The van der Waals surface area contributed by atoms with E-state index >= 15 is 0 Å². The molecule has 3 amide bonds. The van der Waals surface area contributed by atoms with Crippen LogP contribution in [0.4, 0.5) is 14.9 Å². The molecule has 3 aliphatic rings. The molecule has 0 N–H and O–H groups in total. The number of carbonyl (C=O) groups is 3. The van der Waals surface area contributed by atoms with Crippen molar-refractivity contribution in [2.24, 2.45) is 0 Å². The number of imide groups is 1. The van der Waals surface area contributed by atoms with Crippen molar-refractivity contribution >= 4 is 40.6 Å². The molecule has 8 heteroatoms. The second kappa shape index (κ2) is 9.85. The summed E-state index contributed by atoms with van der Waals surface area (Å²) in [5, 5.41) is -0.454. The van der Waals surface area contributed by atoms with Crippen LogP contribution in [0.25, 0.3) is 6.08 Å². The van der Waals surface area contributed by atoms with E-state index in [9.17, 15) is 18.8 Å². The Kier molecular flexibility index (Phi) is 6.95. The minimum Gasteiger partial charge on any atom is -0.369 e. The van der Waals surface area contributed by atoms with Gasteiger partial charge in [0.05, 0.1) is 10.6 Å². The molecule has 0 aromatic heterocycles. The molecule has 0 unspecified atom stereocenters. The van der Waals surface area contributed by atoms with Gasteiger partial charge in [-0.05, 0) is 67.6 Å². The van der Waals surface area contributed by atoms with Gasteiger partial charge in [0.25, 0.3) is 11.1 Å². The lowest BCUT2D eigenvalue weighted by Gasteiger charge is -2.29. The van der Waals surface area contributed by atoms with Crippen LogP contribution in [0.3, 0.4) is 0 Å². The van der Waals surface area contributed by atoms with Gasteiger partial charge in [-0.2, -0.15) is 0 Å². The second-order valence-electron chi connectivity index (χ2n) is 8.32. The maximum absolute atomic E-state index is 14.7. The predicted octanol–water partition coefficient (Wildman–Crippen LogP) is 4.25. The first kappa shape index (κ1) is 21.9. The topological polar surface area (TPSA) is 60.9 Å². The fourth-order valence-corrected chi connectivity index (χ4v) is 5.19. The number of amides is 3. The van der Waals surface area contributed by atoms with Crippen LogP contribution in [0, 0.1) is 5.82 Å². The minimum atomic E-state index is -0.487. The molecule has 3 fully saturated rings. The number of benzene rings is 1. The van der Waals surface area contributed by atoms with Gasteiger partial charge in [0.15, 0.2) is 0 Å². The lowest BCUT2D eigenvalue weighted by molar-refractivity contribution is -0.135. The number of carbonyl (C=O) groups excluding carboxylic acids is 3. The maximum Gasteiger partial charge on any atom is 0.294 e. The number of halogens is 1. The molecule has 1 aromatic rings. The lowest BCUT2D eigenvalue weighted by Crippen LogP contribution is -2.42. The number of nitrogens with zero attached hydrogens (tertiary/aromatic N) is 3. The quantitative estimate of drug-likeness (QED) is 0.649. The SMILES string of the molecule is O=C(CN1C(=O)SC(=Cc2ccc(N3CCCCC3)c(F)c2)C1=O)N1CCCCCC1. The summed E-state index contributed by atoms with van der Waals surface area (Å²) in [6.07, 6.45) is 8.92. The van der Waals surface area contributed by atoms with Gasteiger partial charge in [-0.15, -0.1) is 0 Å². The zero-order valence-corrected chi connectivity index (χ0v) is 18.5. The van der Waals surface area contributed by atoms with E-state index in [0.717, 1.165) is 68.3 Å². The summed E-state index contributed by atoms with van der Waals surface area (Å²) in [5.74, 6) is -1.01. The number of piperidine rings is 1. The van der Waals surface area contributed by atoms with E-state index in [4.69, 9.17) is 0 Å². The Labute approximate surface area is 186 Å². The molecule has 0 bridgehead atoms. The molecular formula is C23H28FN3O3S. The van der Waals surface area contributed by atoms with Crippen molar-refractivity contribution in [2.75, 3.05) is 37.6 Å². The van der Waals surface area contributed by atoms with Crippen molar-refractivity contribution in [3.05, 3.63) is 34.5 Å². The Bertz CT molecular complexity index is 890. The molecule has 0 saturated carbocycles. The van der Waals surface area contributed by atoms with E-state index in [-0.39, 0.29) is 23.2 Å². The van der Waals surface area contributed by atoms with Crippen LogP contribution >= 0.6 is 11.8 Å². The van der Waals surface area contributed by atoms with E-state index in [2.05, 4.69) is 0 Å². The number of hydrogen-bond acceptors (Lipinski definition) is 5. The van der Waals surface area contributed by atoms with E-state index < -0.39 is 11.1 Å². The highest BCUT2D eigenvalue weighted by Crippen LogP contribution is 2.33. The number of thioether (sulfide) groups is 1. The summed E-state index contributed by atoms with van der Waals surface area (Å²) in [5.41, 5.74) is 1.11. The molecular weight excluding hydrogens is 417 g/mol. The van der Waals surface area contributed by atoms with Crippen LogP contribution in [-0.2, 0) is 9.59 Å². The number of anilines is 1. The molecule has 31 heavy (non-hydrogen) atoms. The lowest BCUT2D eigenvalue weighted by atomic mass is 10.1. The highest BCUT2D eigenvalue weighted by molar-refractivity contribution is 8.18. The smallest absolute Gasteiger partial charge is 0.294 e. The molecule has 166 valence electrons. The third-order valence-electron chi connectivity index (χ3n) is 6.09. The fourth-order valence-electron chi connectivity index (χ4n) is 4.35. The predicted molar refractivity (Wildman–Crippen MR) is 120 cm³/mol. The van der Waals surface area contributed by atoms with Gasteiger partial charge in [-0.3, -0.25) is 19.3 Å². The molecule has 0 spiro atoms. The first-order chi connectivity index (χ1) is 15.0. The number of rotatable bonds is 4. The van der Waals surface area contributed by atoms with Gasteiger partial charge in [0.1, 0.15) is 12.4 Å². The van der Waals surface area contributed by atoms with Crippen LogP contribution in [0.15, 0.2) is 23.1 Å². The van der Waals surface area contributed by atoms with Crippen LogP contribution in [0.5, 0.6) is 0 Å². The molecule has 4 rings (SSSR count). The summed E-state index contributed by atoms with van der Waals surface area (Å²) >= 11 is 0.802. The van der Waals surface area contributed by atoms with Crippen LogP contribution in [0.2, 0.25) is 0 Å². The first-order valence-corrected chi connectivity index (χ1v) is 11.9. The highest BCUT2D eigenvalue weighted by Gasteiger charge is 2.37. The monoisotopic (exact) mass is 445 g/mol. The Balaban J connectivity index is 1.44. The van der Waals surface area contributed by atoms with E-state index in [0.29, 0.717) is 24.3 Å². The molecule has 3 saturated heterocycles. The number of hydrogen-bond donors (Lipinski definition) is 0. The van der Waals surface area contributed by atoms with Crippen LogP contribution in [-0.4, -0.2) is 59.6 Å². The number of likely N-dealkylation sites (tertiary alicyclic amines) is 1. The van der Waals surface area contributed by atoms with E-state index in [1.807, 2.05) is 4.90 Å². The third-order valence-corrected chi connectivity index (χ3v) is 7.00. The highest BCUT2D eigenvalue weighted by atomic mass is 32.2. The van der Waals surface area contributed by atoms with E-state index in [1.165, 1.54) is 18.6 Å². The molecule has 0 atom stereocenters. The Morgan fingerprint density at radius 2 is 1.61 bits per heavy atom. The summed E-state index contributed by atoms with van der Waals surface area (Å²) in [7, 11) is 0. The Hall–Kier alpha value is -2.35. The van der Waals surface area contributed by atoms with Gasteiger partial charge >= 0.3 is 0 Å². The average Bonchev–Trinajstić information content (AvgIpc) is 2.97. The second-order valence-corrected chi connectivity index (χ2v) is 9.31. The summed E-state index contributed by atoms with van der Waals surface area (Å²) in [4.78, 5) is 42.7. The van der Waals surface area contributed by atoms with Crippen molar-refractivity contribution in [3.8, 4) is 0 Å². The van der Waals surface area contributed by atoms with Crippen molar-refractivity contribution in [1.82, 2.24) is 9.80 Å². The van der Waals surface area contributed by atoms with Crippen molar-refractivity contribution in [2.45, 2.75) is 44.9 Å². The molecule has 1 aromatic carbocycles. The van der Waals surface area contributed by atoms with Crippen molar-refractivity contribution in [3.63, 3.8) is 0 Å². The van der Waals surface area contributed by atoms with Crippen molar-refractivity contribution < 1.29 is 18.8 Å². The van der Waals surface area contributed by atoms with Gasteiger partial charge in [0.2, 0.25) is 5.91 Å². The van der Waals surface area contributed by atoms with Crippen LogP contribution < -0.4 is 4.90 Å². The Morgan fingerprint density at radius 1 is 0.968 bits per heavy atom. The zero-order valence-electron chi connectivity index (χ0n) is 17.6. The molecule has 3 heterocycles. The van der Waals surface area contributed by atoms with Crippen LogP contribution in [0.1, 0.15) is 50.5 Å². The molecule has 0 radical (unpaired) electrons. The minimum absolute atomic E-state index is 0.192. The molecule has 0 aliphatic carbocycles. The van der Waals surface area contributed by atoms with Gasteiger partial charge in [-0.1, -0.05) is 18.9 Å². The van der Waals surface area contributed by atoms with Gasteiger partial charge in [-0.25, -0.2) is 4.39 Å². The van der Waals surface area contributed by atoms with Crippen molar-refractivity contribution in [1.29, 1.82) is 0 Å². The molecule has 6 nitrogen and oxygen atoms in total. The fraction of sp³-hybridized carbons (Fsp3) is 0.522. The first-order valence-electron chi connectivity index (χ1n) is 11.1. The molecule has 3 aliphatic heterocycles. The normalized spacial score (nSPS) is 21.7. The summed E-state index contributed by atoms with van der Waals surface area (Å²) in [6, 6.07) is 4.91. The largest absolute Gasteiger partial charge is 0.369 e. The third kappa shape index (κ3) is 5.11. The average molecular weight is 446 g/mol. The van der Waals surface area contributed by atoms with Gasteiger partial charge < -0.3 is 9.80 Å². The summed E-state index contributed by atoms with van der Waals surface area (Å²) < 4.78 is 14.7. The van der Waals surface area contributed by atoms with E-state index in [1.54, 1.807) is 17.0 Å².